The molecule has 0 unspecified atom stereocenters. The van der Waals surface area contributed by atoms with Crippen molar-refractivity contribution < 1.29 is 31.5 Å². The van der Waals surface area contributed by atoms with E-state index in [1.807, 2.05) is 0 Å². The van der Waals surface area contributed by atoms with E-state index in [-0.39, 0.29) is 6.61 Å². The van der Waals surface area contributed by atoms with Crippen LogP contribution in [0, 0.1) is 11.6 Å². The third-order valence-corrected chi connectivity index (χ3v) is 3.96. The standard InChI is InChI=1S/C16H14ClF2NO5S/c1-24-14-4-3-10(17)5-9(14)8-25-15-7-12(18)11(6-13(15)19)16(21)20-26(2,22)23/h3-7H,8H2,1-2H3,(H,20,21). The minimum absolute atomic E-state index is 0.172. The second-order valence-corrected chi connectivity index (χ2v) is 7.40. The van der Waals surface area contributed by atoms with Crippen LogP contribution in [0.15, 0.2) is 30.3 Å². The first-order valence-electron chi connectivity index (χ1n) is 7.07. The highest BCUT2D eigenvalue weighted by atomic mass is 35.5. The zero-order chi connectivity index (χ0) is 19.5. The molecule has 10 heteroatoms. The lowest BCUT2D eigenvalue weighted by Gasteiger charge is -2.12. The molecule has 0 fully saturated rings. The monoisotopic (exact) mass is 405 g/mol. The second-order valence-electron chi connectivity index (χ2n) is 5.21. The van der Waals surface area contributed by atoms with Crippen molar-refractivity contribution in [3.05, 3.63) is 58.1 Å². The van der Waals surface area contributed by atoms with Gasteiger partial charge in [-0.05, 0) is 24.3 Å². The van der Waals surface area contributed by atoms with Crippen LogP contribution in [0.25, 0.3) is 0 Å². The summed E-state index contributed by atoms with van der Waals surface area (Å²) in [6.45, 7) is -0.172. The molecule has 0 aliphatic heterocycles. The normalized spacial score (nSPS) is 11.1. The lowest BCUT2D eigenvalue weighted by atomic mass is 10.2. The Morgan fingerprint density at radius 2 is 1.85 bits per heavy atom. The van der Waals surface area contributed by atoms with E-state index in [0.29, 0.717) is 28.5 Å². The molecule has 26 heavy (non-hydrogen) atoms. The number of hydrogen-bond acceptors (Lipinski definition) is 5. The molecule has 2 rings (SSSR count). The van der Waals surface area contributed by atoms with E-state index in [4.69, 9.17) is 21.1 Å². The Kier molecular flexibility index (Phi) is 6.04. The fraction of sp³-hybridized carbons (Fsp3) is 0.188. The van der Waals surface area contributed by atoms with Gasteiger partial charge in [0.25, 0.3) is 5.91 Å². The van der Waals surface area contributed by atoms with Gasteiger partial charge >= 0.3 is 0 Å². The molecular formula is C16H14ClF2NO5S. The lowest BCUT2D eigenvalue weighted by Crippen LogP contribution is -2.30. The number of hydrogen-bond donors (Lipinski definition) is 1. The first-order valence-corrected chi connectivity index (χ1v) is 9.34. The van der Waals surface area contributed by atoms with Gasteiger partial charge < -0.3 is 9.47 Å². The average molecular weight is 406 g/mol. The highest BCUT2D eigenvalue weighted by molar-refractivity contribution is 7.89. The van der Waals surface area contributed by atoms with Crippen molar-refractivity contribution >= 4 is 27.5 Å². The van der Waals surface area contributed by atoms with Gasteiger partial charge in [0.15, 0.2) is 11.6 Å². The van der Waals surface area contributed by atoms with E-state index in [1.165, 1.54) is 7.11 Å². The van der Waals surface area contributed by atoms with E-state index < -0.39 is 38.9 Å². The molecule has 0 saturated heterocycles. The minimum Gasteiger partial charge on any atom is -0.496 e. The van der Waals surface area contributed by atoms with Gasteiger partial charge in [0.2, 0.25) is 10.0 Å². The summed E-state index contributed by atoms with van der Waals surface area (Å²) in [5, 5.41) is 0.406. The zero-order valence-corrected chi connectivity index (χ0v) is 15.2. The number of amides is 1. The van der Waals surface area contributed by atoms with Gasteiger partial charge in [0, 0.05) is 16.7 Å². The Balaban J connectivity index is 2.23. The lowest BCUT2D eigenvalue weighted by molar-refractivity contribution is 0.0977. The predicted octanol–water partition coefficient (Wildman–Crippen LogP) is 2.90. The molecule has 0 aliphatic carbocycles. The van der Waals surface area contributed by atoms with Crippen molar-refractivity contribution in [2.24, 2.45) is 0 Å². The van der Waals surface area contributed by atoms with Crippen molar-refractivity contribution in [2.75, 3.05) is 13.4 Å². The molecule has 0 aromatic heterocycles. The molecule has 6 nitrogen and oxygen atoms in total. The van der Waals surface area contributed by atoms with Crippen LogP contribution in [0.3, 0.4) is 0 Å². The summed E-state index contributed by atoms with van der Waals surface area (Å²) in [7, 11) is -2.48. The Morgan fingerprint density at radius 3 is 2.46 bits per heavy atom. The van der Waals surface area contributed by atoms with Gasteiger partial charge in [0.1, 0.15) is 18.2 Å². The fourth-order valence-electron chi connectivity index (χ4n) is 2.05. The van der Waals surface area contributed by atoms with Gasteiger partial charge in [-0.25, -0.2) is 21.9 Å². The van der Waals surface area contributed by atoms with Crippen LogP contribution >= 0.6 is 11.6 Å². The molecule has 0 atom stereocenters. The van der Waals surface area contributed by atoms with E-state index in [9.17, 15) is 22.0 Å². The minimum atomic E-state index is -3.92. The highest BCUT2D eigenvalue weighted by Crippen LogP contribution is 2.27. The fourth-order valence-corrected chi connectivity index (χ4v) is 2.69. The Hall–Kier alpha value is -2.39. The van der Waals surface area contributed by atoms with E-state index >= 15 is 0 Å². The van der Waals surface area contributed by atoms with Crippen LogP contribution in [0.1, 0.15) is 15.9 Å². The summed E-state index contributed by atoms with van der Waals surface area (Å²) in [4.78, 5) is 11.7. The van der Waals surface area contributed by atoms with E-state index in [0.717, 1.165) is 6.26 Å². The van der Waals surface area contributed by atoms with Crippen LogP contribution in [0.5, 0.6) is 11.5 Å². The second kappa shape index (κ2) is 7.88. The summed E-state index contributed by atoms with van der Waals surface area (Å²) < 4.78 is 62.1. The Bertz CT molecular complexity index is 950. The number of sulfonamides is 1. The molecule has 0 saturated carbocycles. The third-order valence-electron chi connectivity index (χ3n) is 3.17. The largest absolute Gasteiger partial charge is 0.496 e. The van der Waals surface area contributed by atoms with Crippen molar-refractivity contribution in [3.8, 4) is 11.5 Å². The van der Waals surface area contributed by atoms with Gasteiger partial charge in [-0.2, -0.15) is 0 Å². The SMILES string of the molecule is COc1ccc(Cl)cc1COc1cc(F)c(C(=O)NS(C)(=O)=O)cc1F. The Morgan fingerprint density at radius 1 is 1.15 bits per heavy atom. The van der Waals surface area contributed by atoms with Crippen molar-refractivity contribution in [1.82, 2.24) is 4.72 Å². The summed E-state index contributed by atoms with van der Waals surface area (Å²) in [6.07, 6.45) is 0.717. The average Bonchev–Trinajstić information content (AvgIpc) is 2.53. The molecule has 0 heterocycles. The number of ether oxygens (including phenoxy) is 2. The zero-order valence-electron chi connectivity index (χ0n) is 13.7. The highest BCUT2D eigenvalue weighted by Gasteiger charge is 2.19. The first kappa shape index (κ1) is 19.9. The maximum Gasteiger partial charge on any atom is 0.267 e. The number of halogens is 3. The summed E-state index contributed by atoms with van der Waals surface area (Å²) in [6, 6.07) is 5.95. The number of rotatable bonds is 6. The third kappa shape index (κ3) is 5.06. The molecule has 1 amide bonds. The maximum absolute atomic E-state index is 14.1. The molecule has 0 radical (unpaired) electrons. The number of methoxy groups -OCH3 is 1. The quantitative estimate of drug-likeness (QED) is 0.799. The van der Waals surface area contributed by atoms with Crippen molar-refractivity contribution in [3.63, 3.8) is 0 Å². The molecule has 0 bridgehead atoms. The van der Waals surface area contributed by atoms with Crippen LogP contribution < -0.4 is 14.2 Å². The summed E-state index contributed by atoms with van der Waals surface area (Å²) in [5.41, 5.74) is -0.265. The van der Waals surface area contributed by atoms with Crippen molar-refractivity contribution in [1.29, 1.82) is 0 Å². The first-order chi connectivity index (χ1) is 12.1. The van der Waals surface area contributed by atoms with Crippen LogP contribution in [-0.4, -0.2) is 27.7 Å². The number of carbonyl (C=O) groups is 1. The van der Waals surface area contributed by atoms with E-state index in [2.05, 4.69) is 0 Å². The number of carbonyl (C=O) groups excluding carboxylic acids is 1. The summed E-state index contributed by atoms with van der Waals surface area (Å²) in [5.74, 6) is -3.47. The van der Waals surface area contributed by atoms with Crippen LogP contribution in [0.4, 0.5) is 8.78 Å². The van der Waals surface area contributed by atoms with Gasteiger partial charge in [-0.15, -0.1) is 0 Å². The predicted molar refractivity (Wildman–Crippen MR) is 91.0 cm³/mol. The molecule has 2 aromatic rings. The molecule has 2 aromatic carbocycles. The van der Waals surface area contributed by atoms with Crippen molar-refractivity contribution in [2.45, 2.75) is 6.61 Å². The number of nitrogens with one attached hydrogen (secondary N) is 1. The number of benzene rings is 2. The molecular weight excluding hydrogens is 392 g/mol. The van der Waals surface area contributed by atoms with Gasteiger partial charge in [-0.3, -0.25) is 4.79 Å². The van der Waals surface area contributed by atoms with Gasteiger partial charge in [-0.1, -0.05) is 11.6 Å². The smallest absolute Gasteiger partial charge is 0.267 e. The topological polar surface area (TPSA) is 81.7 Å². The molecule has 140 valence electrons. The van der Waals surface area contributed by atoms with E-state index in [1.54, 1.807) is 22.9 Å². The van der Waals surface area contributed by atoms with Crippen LogP contribution in [-0.2, 0) is 16.6 Å². The Labute approximate surface area is 153 Å². The van der Waals surface area contributed by atoms with Crippen LogP contribution in [0.2, 0.25) is 5.02 Å². The molecule has 1 N–H and O–H groups in total. The molecule has 0 spiro atoms. The maximum atomic E-state index is 14.1. The summed E-state index contributed by atoms with van der Waals surface area (Å²) >= 11 is 5.88. The van der Waals surface area contributed by atoms with Gasteiger partial charge in [0.05, 0.1) is 18.9 Å². The molecule has 0 aliphatic rings.